The molecule has 3 heterocycles. The van der Waals surface area contributed by atoms with E-state index < -0.39 is 0 Å². The van der Waals surface area contributed by atoms with Crippen LogP contribution in [-0.4, -0.2) is 74.9 Å². The molecule has 5 nitrogen and oxygen atoms in total. The van der Waals surface area contributed by atoms with Crippen LogP contribution in [0.15, 0.2) is 30.3 Å². The number of benzene rings is 1. The van der Waals surface area contributed by atoms with Crippen LogP contribution in [0.2, 0.25) is 0 Å². The van der Waals surface area contributed by atoms with Crippen molar-refractivity contribution in [2.45, 2.75) is 6.42 Å². The summed E-state index contributed by atoms with van der Waals surface area (Å²) in [5.41, 5.74) is 1.38. The third-order valence-electron chi connectivity index (χ3n) is 5.91. The van der Waals surface area contributed by atoms with Gasteiger partial charge in [-0.05, 0) is 23.8 Å². The van der Waals surface area contributed by atoms with Crippen LogP contribution in [0.1, 0.15) is 5.56 Å². The summed E-state index contributed by atoms with van der Waals surface area (Å²) in [7, 11) is 0. The van der Waals surface area contributed by atoms with Crippen LogP contribution in [0.5, 0.6) is 0 Å². The number of fused-ring (bicyclic) bond motifs is 1. The van der Waals surface area contributed by atoms with Gasteiger partial charge in [-0.15, -0.1) is 0 Å². The Hall–Kier alpha value is -1.43. The highest BCUT2D eigenvalue weighted by Gasteiger charge is 2.44. The van der Waals surface area contributed by atoms with E-state index >= 15 is 0 Å². The van der Waals surface area contributed by atoms with Crippen LogP contribution in [0.25, 0.3) is 0 Å². The molecule has 1 aromatic carbocycles. The van der Waals surface area contributed by atoms with Crippen LogP contribution in [0, 0.1) is 17.8 Å². The molecule has 3 aliphatic heterocycles. The van der Waals surface area contributed by atoms with Gasteiger partial charge in [0.05, 0.1) is 32.3 Å². The van der Waals surface area contributed by atoms with Crippen molar-refractivity contribution in [1.82, 2.24) is 9.80 Å². The fraction of sp³-hybridized carbons (Fsp3) is 0.650. The maximum atomic E-state index is 13.0. The number of morpholine rings is 1. The molecular formula is C20H28N2O3. The fourth-order valence-electron chi connectivity index (χ4n) is 4.48. The number of nitrogens with zero attached hydrogens (tertiary/aromatic N) is 2. The highest BCUT2D eigenvalue weighted by molar-refractivity contribution is 5.79. The first-order valence-corrected chi connectivity index (χ1v) is 9.52. The third kappa shape index (κ3) is 3.89. The summed E-state index contributed by atoms with van der Waals surface area (Å²) in [5, 5.41) is 0. The van der Waals surface area contributed by atoms with E-state index in [-0.39, 0.29) is 11.8 Å². The van der Waals surface area contributed by atoms with Crippen LogP contribution in [-0.2, 0) is 20.7 Å². The first-order chi connectivity index (χ1) is 12.3. The molecule has 0 unspecified atom stereocenters. The number of rotatable bonds is 4. The molecule has 136 valence electrons. The molecule has 3 saturated heterocycles. The van der Waals surface area contributed by atoms with Gasteiger partial charge in [-0.2, -0.15) is 0 Å². The van der Waals surface area contributed by atoms with E-state index in [4.69, 9.17) is 9.47 Å². The number of likely N-dealkylation sites (tertiary alicyclic amines) is 1. The highest BCUT2D eigenvalue weighted by Crippen LogP contribution is 2.35. The number of ether oxygens (including phenoxy) is 2. The van der Waals surface area contributed by atoms with E-state index in [0.29, 0.717) is 31.7 Å². The van der Waals surface area contributed by atoms with Crippen molar-refractivity contribution in [2.24, 2.45) is 17.8 Å². The van der Waals surface area contributed by atoms with E-state index in [0.717, 1.165) is 45.8 Å². The molecule has 0 aromatic heterocycles. The number of hydrogen-bond acceptors (Lipinski definition) is 4. The van der Waals surface area contributed by atoms with Gasteiger partial charge < -0.3 is 19.3 Å². The smallest absolute Gasteiger partial charge is 0.228 e. The van der Waals surface area contributed by atoms with Crippen molar-refractivity contribution < 1.29 is 14.3 Å². The van der Waals surface area contributed by atoms with Gasteiger partial charge in [0.2, 0.25) is 5.91 Å². The van der Waals surface area contributed by atoms with E-state index in [1.54, 1.807) is 0 Å². The second kappa shape index (κ2) is 7.85. The Morgan fingerprint density at radius 2 is 1.84 bits per heavy atom. The van der Waals surface area contributed by atoms with Gasteiger partial charge in [0.15, 0.2) is 0 Å². The summed E-state index contributed by atoms with van der Waals surface area (Å²) >= 11 is 0. The van der Waals surface area contributed by atoms with Gasteiger partial charge in [0, 0.05) is 32.7 Å². The molecule has 5 heteroatoms. The van der Waals surface area contributed by atoms with Gasteiger partial charge in [-0.1, -0.05) is 30.3 Å². The van der Waals surface area contributed by atoms with E-state index in [9.17, 15) is 4.79 Å². The van der Waals surface area contributed by atoms with Gasteiger partial charge in [0.1, 0.15) is 0 Å². The summed E-state index contributed by atoms with van der Waals surface area (Å²) in [6, 6.07) is 10.6. The monoisotopic (exact) mass is 344 g/mol. The normalized spacial score (nSPS) is 30.2. The molecule has 25 heavy (non-hydrogen) atoms. The van der Waals surface area contributed by atoms with E-state index in [1.807, 2.05) is 4.90 Å². The lowest BCUT2D eigenvalue weighted by Gasteiger charge is -2.36. The molecule has 1 aromatic rings. The number of carbonyl (C=O) groups is 1. The molecule has 0 spiro atoms. The summed E-state index contributed by atoms with van der Waals surface area (Å²) in [6.07, 6.45) is 1.07. The predicted molar refractivity (Wildman–Crippen MR) is 95.3 cm³/mol. The van der Waals surface area contributed by atoms with Crippen molar-refractivity contribution in [3.63, 3.8) is 0 Å². The lowest BCUT2D eigenvalue weighted by molar-refractivity contribution is -0.148. The zero-order chi connectivity index (χ0) is 17.1. The average molecular weight is 344 g/mol. The topological polar surface area (TPSA) is 42.0 Å². The Morgan fingerprint density at radius 1 is 1.04 bits per heavy atom. The molecule has 3 atom stereocenters. The standard InChI is InChI=1S/C20H28N2O3/c23-20(22-8-10-24-11-9-22)19-15-25-14-17-12-21(13-18(17)19)7-6-16-4-2-1-3-5-16/h1-5,17-19H,6-15H2/t17-,18-,19+/m0/s1. The third-order valence-corrected chi connectivity index (χ3v) is 5.91. The number of amides is 1. The second-order valence-corrected chi connectivity index (χ2v) is 7.50. The van der Waals surface area contributed by atoms with Crippen molar-refractivity contribution in [2.75, 3.05) is 59.2 Å². The SMILES string of the molecule is O=C([C@@H]1COC[C@@H]2CN(CCc3ccccc3)C[C@@H]21)N1CCOCC1. The Labute approximate surface area is 149 Å². The molecular weight excluding hydrogens is 316 g/mol. The van der Waals surface area contributed by atoms with Gasteiger partial charge in [-0.25, -0.2) is 0 Å². The summed E-state index contributed by atoms with van der Waals surface area (Å²) in [6.45, 7) is 7.33. The minimum Gasteiger partial charge on any atom is -0.380 e. The van der Waals surface area contributed by atoms with Crippen molar-refractivity contribution in [3.8, 4) is 0 Å². The Bertz CT molecular complexity index is 574. The molecule has 3 fully saturated rings. The maximum absolute atomic E-state index is 13.0. The first kappa shape index (κ1) is 17.0. The molecule has 0 bridgehead atoms. The average Bonchev–Trinajstić information content (AvgIpc) is 3.10. The highest BCUT2D eigenvalue weighted by atomic mass is 16.5. The molecule has 4 rings (SSSR count). The van der Waals surface area contributed by atoms with Gasteiger partial charge >= 0.3 is 0 Å². The molecule has 0 radical (unpaired) electrons. The maximum Gasteiger partial charge on any atom is 0.228 e. The largest absolute Gasteiger partial charge is 0.380 e. The number of hydrogen-bond donors (Lipinski definition) is 0. The predicted octanol–water partition coefficient (Wildman–Crippen LogP) is 1.28. The first-order valence-electron chi connectivity index (χ1n) is 9.52. The molecule has 0 N–H and O–H groups in total. The number of carbonyl (C=O) groups excluding carboxylic acids is 1. The molecule has 0 aliphatic carbocycles. The molecule has 1 amide bonds. The molecule has 0 saturated carbocycles. The van der Waals surface area contributed by atoms with Gasteiger partial charge in [0.25, 0.3) is 0 Å². The Balaban J connectivity index is 1.35. The molecule has 3 aliphatic rings. The van der Waals surface area contributed by atoms with Crippen molar-refractivity contribution in [1.29, 1.82) is 0 Å². The Kier molecular flexibility index (Phi) is 5.34. The van der Waals surface area contributed by atoms with Gasteiger partial charge in [-0.3, -0.25) is 4.79 Å². The van der Waals surface area contributed by atoms with Crippen LogP contribution < -0.4 is 0 Å². The minimum absolute atomic E-state index is 0.0265. The fourth-order valence-corrected chi connectivity index (χ4v) is 4.48. The van der Waals surface area contributed by atoms with Crippen molar-refractivity contribution in [3.05, 3.63) is 35.9 Å². The van der Waals surface area contributed by atoms with Crippen molar-refractivity contribution >= 4 is 5.91 Å². The summed E-state index contributed by atoms with van der Waals surface area (Å²) in [4.78, 5) is 17.5. The van der Waals surface area contributed by atoms with E-state index in [1.165, 1.54) is 5.56 Å². The lowest BCUT2D eigenvalue weighted by atomic mass is 9.82. The van der Waals surface area contributed by atoms with Crippen LogP contribution in [0.3, 0.4) is 0 Å². The lowest BCUT2D eigenvalue weighted by Crippen LogP contribution is -2.49. The Morgan fingerprint density at radius 3 is 2.64 bits per heavy atom. The zero-order valence-corrected chi connectivity index (χ0v) is 14.8. The minimum atomic E-state index is 0.0265. The summed E-state index contributed by atoms with van der Waals surface area (Å²) in [5.74, 6) is 1.25. The van der Waals surface area contributed by atoms with Crippen LogP contribution >= 0.6 is 0 Å². The van der Waals surface area contributed by atoms with E-state index in [2.05, 4.69) is 35.2 Å². The quantitative estimate of drug-likeness (QED) is 0.825. The second-order valence-electron chi connectivity index (χ2n) is 7.50. The summed E-state index contributed by atoms with van der Waals surface area (Å²) < 4.78 is 11.2. The van der Waals surface area contributed by atoms with Crippen LogP contribution in [0.4, 0.5) is 0 Å². The zero-order valence-electron chi connectivity index (χ0n) is 14.8.